The van der Waals surface area contributed by atoms with E-state index in [1.165, 1.54) is 12.4 Å². The zero-order valence-corrected chi connectivity index (χ0v) is 5.97. The van der Waals surface area contributed by atoms with Crippen molar-refractivity contribution in [3.63, 3.8) is 0 Å². The van der Waals surface area contributed by atoms with E-state index in [2.05, 4.69) is 10.2 Å². The molecule has 1 heterocycles. The summed E-state index contributed by atoms with van der Waals surface area (Å²) >= 11 is 0. The minimum Gasteiger partial charge on any atom is -0.383 e. The average molecular weight is 180 g/mol. The molecule has 1 atom stereocenters. The number of hydrogen-bond donors (Lipinski definition) is 2. The molecule has 12 heavy (non-hydrogen) atoms. The summed E-state index contributed by atoms with van der Waals surface area (Å²) in [6.45, 7) is 0. The topological polar surface area (TPSA) is 48.9 Å². The van der Waals surface area contributed by atoms with E-state index < -0.39 is 18.7 Å². The molecule has 1 rings (SSSR count). The Morgan fingerprint density at radius 3 is 2.67 bits per heavy atom. The molecule has 0 fully saturated rings. The molecule has 2 N–H and O–H groups in total. The van der Waals surface area contributed by atoms with Crippen molar-refractivity contribution in [2.24, 2.45) is 0 Å². The summed E-state index contributed by atoms with van der Waals surface area (Å²) in [6.07, 6.45) is -4.77. The van der Waals surface area contributed by atoms with Crippen LogP contribution >= 0.6 is 0 Å². The molecule has 0 aliphatic heterocycles. The fourth-order valence-corrected chi connectivity index (χ4v) is 0.728. The van der Waals surface area contributed by atoms with Crippen molar-refractivity contribution in [3.8, 4) is 0 Å². The summed E-state index contributed by atoms with van der Waals surface area (Å²) in [7, 11) is 0. The van der Waals surface area contributed by atoms with Crippen LogP contribution in [0, 0.1) is 0 Å². The maximum atomic E-state index is 11.8. The molecule has 0 amide bonds. The Kier molecular flexibility index (Phi) is 2.37. The monoisotopic (exact) mass is 180 g/mol. The van der Waals surface area contributed by atoms with Crippen molar-refractivity contribution in [3.05, 3.63) is 18.0 Å². The zero-order chi connectivity index (χ0) is 9.19. The van der Waals surface area contributed by atoms with Gasteiger partial charge in [-0.2, -0.15) is 18.3 Å². The smallest absolute Gasteiger partial charge is 0.383 e. The lowest BCUT2D eigenvalue weighted by molar-refractivity contribution is -0.203. The lowest BCUT2D eigenvalue weighted by Crippen LogP contribution is -2.30. The maximum absolute atomic E-state index is 11.8. The maximum Gasteiger partial charge on any atom is 0.414 e. The molecule has 1 aromatic rings. The van der Waals surface area contributed by atoms with Gasteiger partial charge in [-0.3, -0.25) is 5.10 Å². The van der Waals surface area contributed by atoms with Gasteiger partial charge in [-0.15, -0.1) is 0 Å². The van der Waals surface area contributed by atoms with Crippen LogP contribution in [-0.4, -0.2) is 27.6 Å². The average Bonchev–Trinajstić information content (AvgIpc) is 2.37. The van der Waals surface area contributed by atoms with Crippen LogP contribution in [0.3, 0.4) is 0 Å². The Hall–Kier alpha value is -1.04. The quantitative estimate of drug-likeness (QED) is 0.709. The molecule has 1 unspecified atom stereocenters. The largest absolute Gasteiger partial charge is 0.414 e. The van der Waals surface area contributed by atoms with Crippen molar-refractivity contribution in [2.45, 2.75) is 18.7 Å². The normalized spacial score (nSPS) is 14.7. The SMILES string of the molecule is OC(Cc1cn[nH]c1)C(F)(F)F. The van der Waals surface area contributed by atoms with Gasteiger partial charge in [0.2, 0.25) is 0 Å². The summed E-state index contributed by atoms with van der Waals surface area (Å²) < 4.78 is 35.3. The van der Waals surface area contributed by atoms with Crippen LogP contribution in [0.1, 0.15) is 5.56 Å². The Bertz CT molecular complexity index is 231. The highest BCUT2D eigenvalue weighted by molar-refractivity contribution is 5.04. The Balaban J connectivity index is 2.53. The molecule has 0 aliphatic rings. The van der Waals surface area contributed by atoms with Crippen LogP contribution < -0.4 is 0 Å². The third-order valence-electron chi connectivity index (χ3n) is 1.36. The summed E-state index contributed by atoms with van der Waals surface area (Å²) in [5.41, 5.74) is 0.333. The van der Waals surface area contributed by atoms with Gasteiger partial charge in [0.15, 0.2) is 6.10 Å². The minimum absolute atomic E-state index is 0.333. The molecular weight excluding hydrogens is 173 g/mol. The Morgan fingerprint density at radius 2 is 2.25 bits per heavy atom. The fourth-order valence-electron chi connectivity index (χ4n) is 0.728. The lowest BCUT2D eigenvalue weighted by atomic mass is 10.1. The number of rotatable bonds is 2. The number of hydrogen-bond acceptors (Lipinski definition) is 2. The van der Waals surface area contributed by atoms with E-state index in [0.29, 0.717) is 5.56 Å². The van der Waals surface area contributed by atoms with Crippen molar-refractivity contribution >= 4 is 0 Å². The summed E-state index contributed by atoms with van der Waals surface area (Å²) in [4.78, 5) is 0. The Morgan fingerprint density at radius 1 is 1.58 bits per heavy atom. The van der Waals surface area contributed by atoms with Gasteiger partial charge < -0.3 is 5.11 Å². The van der Waals surface area contributed by atoms with Crippen molar-refractivity contribution < 1.29 is 18.3 Å². The first-order chi connectivity index (χ1) is 5.50. The van der Waals surface area contributed by atoms with Crippen LogP contribution in [-0.2, 0) is 6.42 Å². The van der Waals surface area contributed by atoms with E-state index >= 15 is 0 Å². The molecule has 6 heteroatoms. The number of H-pyrrole nitrogens is 1. The van der Waals surface area contributed by atoms with Gasteiger partial charge in [0.05, 0.1) is 6.20 Å². The fraction of sp³-hybridized carbons (Fsp3) is 0.500. The molecule has 3 nitrogen and oxygen atoms in total. The number of aromatic amines is 1. The predicted molar refractivity (Wildman–Crippen MR) is 34.4 cm³/mol. The number of halogens is 3. The first kappa shape index (κ1) is 9.05. The highest BCUT2D eigenvalue weighted by Crippen LogP contribution is 2.22. The van der Waals surface area contributed by atoms with Gasteiger partial charge in [0.25, 0.3) is 0 Å². The number of nitrogens with zero attached hydrogens (tertiary/aromatic N) is 1. The van der Waals surface area contributed by atoms with Gasteiger partial charge in [-0.05, 0) is 5.56 Å². The minimum atomic E-state index is -4.56. The standard InChI is InChI=1S/C6H7F3N2O/c7-6(8,9)5(12)1-4-2-10-11-3-4/h2-3,5,12H,1H2,(H,10,11). The molecule has 0 radical (unpaired) electrons. The second-order valence-electron chi connectivity index (χ2n) is 2.37. The Labute approximate surface area is 66.2 Å². The van der Waals surface area contributed by atoms with Crippen molar-refractivity contribution in [2.75, 3.05) is 0 Å². The van der Waals surface area contributed by atoms with Crippen LogP contribution in [0.15, 0.2) is 12.4 Å². The van der Waals surface area contributed by atoms with Crippen LogP contribution in [0.5, 0.6) is 0 Å². The summed E-state index contributed by atoms with van der Waals surface area (Å²) in [6, 6.07) is 0. The number of aliphatic hydroxyl groups excluding tert-OH is 1. The molecule has 0 spiro atoms. The number of nitrogens with one attached hydrogen (secondary N) is 1. The number of aromatic nitrogens is 2. The summed E-state index contributed by atoms with van der Waals surface area (Å²) in [5, 5.41) is 14.4. The molecule has 0 saturated heterocycles. The van der Waals surface area contributed by atoms with Crippen molar-refractivity contribution in [1.82, 2.24) is 10.2 Å². The highest BCUT2D eigenvalue weighted by atomic mass is 19.4. The van der Waals surface area contributed by atoms with Gasteiger partial charge in [-0.1, -0.05) is 0 Å². The second kappa shape index (κ2) is 3.14. The van der Waals surface area contributed by atoms with Crippen LogP contribution in [0.2, 0.25) is 0 Å². The molecule has 0 aromatic carbocycles. The van der Waals surface area contributed by atoms with Crippen molar-refractivity contribution in [1.29, 1.82) is 0 Å². The van der Waals surface area contributed by atoms with Gasteiger partial charge in [0, 0.05) is 12.6 Å². The molecule has 0 saturated carbocycles. The first-order valence-electron chi connectivity index (χ1n) is 3.22. The predicted octanol–water partition coefficient (Wildman–Crippen LogP) is 0.875. The third-order valence-corrected chi connectivity index (χ3v) is 1.36. The first-order valence-corrected chi connectivity index (χ1v) is 3.22. The van der Waals surface area contributed by atoms with E-state index in [1.54, 1.807) is 0 Å². The number of alkyl halides is 3. The zero-order valence-electron chi connectivity index (χ0n) is 5.97. The van der Waals surface area contributed by atoms with E-state index in [9.17, 15) is 13.2 Å². The van der Waals surface area contributed by atoms with E-state index in [4.69, 9.17) is 5.11 Å². The van der Waals surface area contributed by atoms with Crippen LogP contribution in [0.25, 0.3) is 0 Å². The van der Waals surface area contributed by atoms with Gasteiger partial charge in [0.1, 0.15) is 0 Å². The highest BCUT2D eigenvalue weighted by Gasteiger charge is 2.38. The molecule has 0 aliphatic carbocycles. The summed E-state index contributed by atoms with van der Waals surface area (Å²) in [5.74, 6) is 0. The molecule has 68 valence electrons. The molecule has 1 aromatic heterocycles. The lowest BCUT2D eigenvalue weighted by Gasteiger charge is -2.12. The van der Waals surface area contributed by atoms with E-state index in [-0.39, 0.29) is 0 Å². The van der Waals surface area contributed by atoms with Crippen LogP contribution in [0.4, 0.5) is 13.2 Å². The third kappa shape index (κ3) is 2.23. The molecule has 0 bridgehead atoms. The number of aliphatic hydroxyl groups is 1. The van der Waals surface area contributed by atoms with E-state index in [1.807, 2.05) is 0 Å². The van der Waals surface area contributed by atoms with E-state index in [0.717, 1.165) is 0 Å². The molecular formula is C6H7F3N2O. The van der Waals surface area contributed by atoms with Gasteiger partial charge in [-0.25, -0.2) is 0 Å². The second-order valence-corrected chi connectivity index (χ2v) is 2.37. The van der Waals surface area contributed by atoms with Gasteiger partial charge >= 0.3 is 6.18 Å².